The van der Waals surface area contributed by atoms with Gasteiger partial charge in [0.1, 0.15) is 5.69 Å². The van der Waals surface area contributed by atoms with Crippen LogP contribution in [0.2, 0.25) is 0 Å². The Kier molecular flexibility index (Phi) is 5.47. The highest BCUT2D eigenvalue weighted by Crippen LogP contribution is 2.25. The molecule has 5 aromatic rings. The predicted molar refractivity (Wildman–Crippen MR) is 125 cm³/mol. The Balaban J connectivity index is 1.29. The van der Waals surface area contributed by atoms with E-state index in [0.29, 0.717) is 11.3 Å². The van der Waals surface area contributed by atoms with Crippen LogP contribution >= 0.6 is 23.3 Å². The molecule has 6 nitrogen and oxygen atoms in total. The summed E-state index contributed by atoms with van der Waals surface area (Å²) < 4.78 is 3.88. The van der Waals surface area contributed by atoms with E-state index in [1.165, 1.54) is 11.5 Å². The largest absolute Gasteiger partial charge is 0.333 e. The number of hydrogen-bond donors (Lipinski definition) is 2. The van der Waals surface area contributed by atoms with Gasteiger partial charge >= 0.3 is 0 Å². The molecule has 0 aliphatic carbocycles. The number of hydrogen-bond acceptors (Lipinski definition) is 6. The lowest BCUT2D eigenvalue weighted by Gasteiger charge is -2.10. The molecule has 0 saturated carbocycles. The van der Waals surface area contributed by atoms with Crippen molar-refractivity contribution in [1.29, 1.82) is 0 Å². The van der Waals surface area contributed by atoms with E-state index in [1.54, 1.807) is 11.8 Å². The first-order valence-corrected chi connectivity index (χ1v) is 11.4. The van der Waals surface area contributed by atoms with Gasteiger partial charge in [0.2, 0.25) is 0 Å². The number of thioether (sulfide) groups is 1. The third kappa shape index (κ3) is 4.35. The fraction of sp³-hybridized carbons (Fsp3) is 0.0435. The predicted octanol–water partition coefficient (Wildman–Crippen LogP) is 5.63. The molecule has 0 fully saturated rings. The Morgan fingerprint density at radius 3 is 2.61 bits per heavy atom. The summed E-state index contributed by atoms with van der Waals surface area (Å²) in [4.78, 5) is 20.8. The molecule has 1 amide bonds. The monoisotopic (exact) mass is 443 g/mol. The molecule has 152 valence electrons. The summed E-state index contributed by atoms with van der Waals surface area (Å²) in [5.74, 6) is 0.503. The maximum Gasteiger partial charge on any atom is 0.255 e. The molecule has 3 aromatic carbocycles. The number of carbonyl (C=O) groups is 1. The number of rotatable bonds is 6. The Bertz CT molecular complexity index is 1300. The van der Waals surface area contributed by atoms with Crippen LogP contribution in [-0.2, 0) is 5.75 Å². The van der Waals surface area contributed by atoms with Gasteiger partial charge in [-0.15, -0.1) is 5.10 Å². The van der Waals surface area contributed by atoms with Crippen LogP contribution in [0.1, 0.15) is 15.9 Å². The summed E-state index contributed by atoms with van der Waals surface area (Å²) in [6.45, 7) is 0. The SMILES string of the molecule is O=C(Nc1ccc(-c2csnn2)cc1)c1ccccc1CSc1nc2ccccc2[nH]1. The average molecular weight is 444 g/mol. The van der Waals surface area contributed by atoms with Gasteiger partial charge in [0.05, 0.1) is 11.0 Å². The highest BCUT2D eigenvalue weighted by atomic mass is 32.2. The number of nitrogens with zero attached hydrogens (tertiary/aromatic N) is 3. The number of amides is 1. The summed E-state index contributed by atoms with van der Waals surface area (Å²) in [5.41, 5.74) is 6.08. The van der Waals surface area contributed by atoms with E-state index < -0.39 is 0 Å². The van der Waals surface area contributed by atoms with E-state index >= 15 is 0 Å². The van der Waals surface area contributed by atoms with Crippen LogP contribution in [0, 0.1) is 0 Å². The average Bonchev–Trinajstić information content (AvgIpc) is 3.48. The molecule has 2 N–H and O–H groups in total. The van der Waals surface area contributed by atoms with Crippen molar-refractivity contribution < 1.29 is 4.79 Å². The molecule has 0 atom stereocenters. The lowest BCUT2D eigenvalue weighted by molar-refractivity contribution is 0.102. The van der Waals surface area contributed by atoms with Gasteiger partial charge in [-0.25, -0.2) is 4.98 Å². The standard InChI is InChI=1S/C23H17N5OS2/c29-22(24-17-11-9-15(10-12-17)21-14-31-28-27-21)18-6-2-1-5-16(18)13-30-23-25-19-7-3-4-8-20(19)26-23/h1-12,14H,13H2,(H,24,29)(H,25,26). The van der Waals surface area contributed by atoms with Crippen LogP contribution in [0.3, 0.4) is 0 Å². The number of imidazole rings is 1. The summed E-state index contributed by atoms with van der Waals surface area (Å²) >= 11 is 2.89. The lowest BCUT2D eigenvalue weighted by Crippen LogP contribution is -2.14. The second kappa shape index (κ2) is 8.71. The molecule has 0 aliphatic heterocycles. The van der Waals surface area contributed by atoms with Crippen LogP contribution in [-0.4, -0.2) is 25.5 Å². The molecule has 2 heterocycles. The van der Waals surface area contributed by atoms with Crippen LogP contribution in [0.4, 0.5) is 5.69 Å². The second-order valence-corrected chi connectivity index (χ2v) is 8.40. The van der Waals surface area contributed by atoms with Gasteiger partial charge in [-0.05, 0) is 47.4 Å². The third-order valence-corrected chi connectivity index (χ3v) is 6.22. The number of para-hydroxylation sites is 2. The van der Waals surface area contributed by atoms with Crippen LogP contribution < -0.4 is 5.32 Å². The molecule has 0 radical (unpaired) electrons. The highest BCUT2D eigenvalue weighted by molar-refractivity contribution is 7.98. The van der Waals surface area contributed by atoms with Crippen molar-refractivity contribution in [2.24, 2.45) is 0 Å². The molecular weight excluding hydrogens is 426 g/mol. The van der Waals surface area contributed by atoms with Gasteiger partial charge in [-0.3, -0.25) is 4.79 Å². The Labute approximate surface area is 186 Å². The lowest BCUT2D eigenvalue weighted by atomic mass is 10.1. The first kappa shape index (κ1) is 19.5. The minimum atomic E-state index is -0.135. The zero-order chi connectivity index (χ0) is 21.0. The maximum absolute atomic E-state index is 12.9. The van der Waals surface area contributed by atoms with Crippen LogP contribution in [0.5, 0.6) is 0 Å². The Hall–Kier alpha value is -3.49. The van der Waals surface area contributed by atoms with Crippen molar-refractivity contribution in [3.05, 3.63) is 89.3 Å². The van der Waals surface area contributed by atoms with E-state index in [9.17, 15) is 4.79 Å². The van der Waals surface area contributed by atoms with Gasteiger partial charge < -0.3 is 10.3 Å². The molecule has 0 bridgehead atoms. The summed E-state index contributed by atoms with van der Waals surface area (Å²) in [6, 6.07) is 23.2. The number of anilines is 1. The van der Waals surface area contributed by atoms with E-state index in [2.05, 4.69) is 24.9 Å². The number of H-pyrrole nitrogens is 1. The molecule has 2 aromatic heterocycles. The van der Waals surface area contributed by atoms with Gasteiger partial charge in [-0.2, -0.15) is 0 Å². The Morgan fingerprint density at radius 2 is 1.81 bits per heavy atom. The van der Waals surface area contributed by atoms with Crippen molar-refractivity contribution in [1.82, 2.24) is 19.6 Å². The van der Waals surface area contributed by atoms with Crippen molar-refractivity contribution in [2.75, 3.05) is 5.32 Å². The highest BCUT2D eigenvalue weighted by Gasteiger charge is 2.13. The zero-order valence-electron chi connectivity index (χ0n) is 16.3. The molecule has 5 rings (SSSR count). The topological polar surface area (TPSA) is 83.6 Å². The van der Waals surface area contributed by atoms with Gasteiger partial charge in [0.25, 0.3) is 5.91 Å². The number of carbonyl (C=O) groups excluding carboxylic acids is 1. The molecule has 31 heavy (non-hydrogen) atoms. The van der Waals surface area contributed by atoms with Crippen molar-refractivity contribution >= 4 is 45.9 Å². The van der Waals surface area contributed by atoms with Crippen LogP contribution in [0.15, 0.2) is 83.3 Å². The van der Waals surface area contributed by atoms with E-state index in [-0.39, 0.29) is 5.91 Å². The first-order chi connectivity index (χ1) is 15.3. The number of aromatic amines is 1. The number of aromatic nitrogens is 4. The smallest absolute Gasteiger partial charge is 0.255 e. The summed E-state index contributed by atoms with van der Waals surface area (Å²) in [6.07, 6.45) is 0. The zero-order valence-corrected chi connectivity index (χ0v) is 17.9. The minimum absolute atomic E-state index is 0.135. The number of fused-ring (bicyclic) bond motifs is 1. The minimum Gasteiger partial charge on any atom is -0.333 e. The van der Waals surface area contributed by atoms with Gasteiger partial charge in [-0.1, -0.05) is 58.7 Å². The summed E-state index contributed by atoms with van der Waals surface area (Å²) in [5, 5.41) is 9.78. The quantitative estimate of drug-likeness (QED) is 0.333. The second-order valence-electron chi connectivity index (χ2n) is 6.83. The molecule has 0 unspecified atom stereocenters. The van der Waals surface area contributed by atoms with Gasteiger partial charge in [0.15, 0.2) is 5.16 Å². The fourth-order valence-corrected chi connectivity index (χ4v) is 4.58. The molecular formula is C23H17N5OS2. The molecule has 8 heteroatoms. The van der Waals surface area contributed by atoms with E-state index in [0.717, 1.165) is 38.7 Å². The molecule has 0 spiro atoms. The first-order valence-electron chi connectivity index (χ1n) is 9.60. The van der Waals surface area contributed by atoms with Crippen LogP contribution in [0.25, 0.3) is 22.3 Å². The fourth-order valence-electron chi connectivity index (χ4n) is 3.22. The molecule has 0 aliphatic rings. The number of nitrogens with one attached hydrogen (secondary N) is 2. The Morgan fingerprint density at radius 1 is 1.00 bits per heavy atom. The van der Waals surface area contributed by atoms with Crippen molar-refractivity contribution in [2.45, 2.75) is 10.9 Å². The number of benzene rings is 3. The van der Waals surface area contributed by atoms with E-state index in [4.69, 9.17) is 0 Å². The van der Waals surface area contributed by atoms with E-state index in [1.807, 2.05) is 78.2 Å². The normalized spacial score (nSPS) is 11.0. The van der Waals surface area contributed by atoms with Crippen molar-refractivity contribution in [3.63, 3.8) is 0 Å². The maximum atomic E-state index is 12.9. The van der Waals surface area contributed by atoms with Gasteiger partial charge in [0, 0.05) is 27.9 Å². The third-order valence-electron chi connectivity index (χ3n) is 4.79. The summed E-state index contributed by atoms with van der Waals surface area (Å²) in [7, 11) is 0. The van der Waals surface area contributed by atoms with Crippen molar-refractivity contribution in [3.8, 4) is 11.3 Å². The molecule has 0 saturated heterocycles.